The van der Waals surface area contributed by atoms with E-state index in [1.807, 2.05) is 26.0 Å². The summed E-state index contributed by atoms with van der Waals surface area (Å²) in [5, 5.41) is 1.64. The predicted molar refractivity (Wildman–Crippen MR) is 62.5 cm³/mol. The van der Waals surface area contributed by atoms with Crippen molar-refractivity contribution in [2.75, 3.05) is 0 Å². The predicted octanol–water partition coefficient (Wildman–Crippen LogP) is 4.06. The number of hydrogen-bond donors (Lipinski definition) is 0. The zero-order valence-corrected chi connectivity index (χ0v) is 9.26. The molecule has 2 rings (SSSR count). The first kappa shape index (κ1) is 9.95. The maximum absolute atomic E-state index is 6.90. The van der Waals surface area contributed by atoms with Crippen LogP contribution >= 0.6 is 11.6 Å². The van der Waals surface area contributed by atoms with Gasteiger partial charge in [-0.1, -0.05) is 24.2 Å². The lowest BCUT2D eigenvalue weighted by molar-refractivity contribution is 1.34. The summed E-state index contributed by atoms with van der Waals surface area (Å²) in [6.45, 7) is 10.9. The summed E-state index contributed by atoms with van der Waals surface area (Å²) in [4.78, 5) is 7.52. The lowest BCUT2D eigenvalue weighted by Crippen LogP contribution is -1.87. The standard InChI is InChI=1S/C12H9ClN2/c1-7-6-10-9(12(13)8(7)2)4-5-11(14-3)15-10/h4-6H,1-2H3. The number of pyridine rings is 1. The molecule has 0 atom stereocenters. The molecule has 3 heteroatoms. The maximum Gasteiger partial charge on any atom is 0.270 e. The molecule has 1 aromatic carbocycles. The van der Waals surface area contributed by atoms with E-state index in [0.29, 0.717) is 5.82 Å². The Kier molecular flexibility index (Phi) is 2.34. The molecule has 0 bridgehead atoms. The van der Waals surface area contributed by atoms with E-state index < -0.39 is 0 Å². The highest BCUT2D eigenvalue weighted by atomic mass is 35.5. The van der Waals surface area contributed by atoms with E-state index in [1.54, 1.807) is 6.07 Å². The highest BCUT2D eigenvalue weighted by Crippen LogP contribution is 2.29. The second kappa shape index (κ2) is 3.52. The number of rotatable bonds is 0. The van der Waals surface area contributed by atoms with Crippen molar-refractivity contribution in [2.24, 2.45) is 0 Å². The normalized spacial score (nSPS) is 10.3. The molecular weight excluding hydrogens is 208 g/mol. The van der Waals surface area contributed by atoms with Crippen LogP contribution in [0.4, 0.5) is 5.82 Å². The van der Waals surface area contributed by atoms with Crippen LogP contribution in [0.25, 0.3) is 15.7 Å². The summed E-state index contributed by atoms with van der Waals surface area (Å²) in [7, 11) is 0. The highest BCUT2D eigenvalue weighted by molar-refractivity contribution is 6.36. The highest BCUT2D eigenvalue weighted by Gasteiger charge is 2.09. The first-order valence-corrected chi connectivity index (χ1v) is 4.95. The van der Waals surface area contributed by atoms with Gasteiger partial charge in [0.25, 0.3) is 5.82 Å². The van der Waals surface area contributed by atoms with Crippen LogP contribution in [0.15, 0.2) is 18.2 Å². The maximum atomic E-state index is 6.90. The van der Waals surface area contributed by atoms with Gasteiger partial charge in [-0.25, -0.2) is 0 Å². The van der Waals surface area contributed by atoms with Crippen molar-refractivity contribution in [3.05, 3.63) is 45.8 Å². The van der Waals surface area contributed by atoms with E-state index >= 15 is 0 Å². The van der Waals surface area contributed by atoms with Crippen LogP contribution < -0.4 is 0 Å². The van der Waals surface area contributed by atoms with Crippen LogP contribution in [0, 0.1) is 20.4 Å². The molecule has 0 spiro atoms. The third kappa shape index (κ3) is 1.55. The molecule has 0 amide bonds. The van der Waals surface area contributed by atoms with Crippen LogP contribution in [-0.4, -0.2) is 4.98 Å². The second-order valence-electron chi connectivity index (χ2n) is 3.48. The monoisotopic (exact) mass is 216 g/mol. The Morgan fingerprint density at radius 3 is 2.73 bits per heavy atom. The van der Waals surface area contributed by atoms with Crippen LogP contribution in [0.5, 0.6) is 0 Å². The number of fused-ring (bicyclic) bond motifs is 1. The van der Waals surface area contributed by atoms with Crippen molar-refractivity contribution in [1.82, 2.24) is 4.98 Å². The van der Waals surface area contributed by atoms with Crippen LogP contribution in [-0.2, 0) is 0 Å². The van der Waals surface area contributed by atoms with Crippen LogP contribution in [0.3, 0.4) is 0 Å². The largest absolute Gasteiger partial charge is 0.361 e. The Bertz CT molecular complexity index is 582. The molecule has 2 nitrogen and oxygen atoms in total. The quantitative estimate of drug-likeness (QED) is 0.607. The Hall–Kier alpha value is -1.59. The number of hydrogen-bond acceptors (Lipinski definition) is 1. The van der Waals surface area contributed by atoms with Crippen molar-refractivity contribution in [3.63, 3.8) is 0 Å². The van der Waals surface area contributed by atoms with E-state index in [1.165, 1.54) is 0 Å². The molecule has 0 saturated carbocycles. The average molecular weight is 217 g/mol. The molecule has 1 aromatic heterocycles. The summed E-state index contributed by atoms with van der Waals surface area (Å²) < 4.78 is 0. The van der Waals surface area contributed by atoms with Crippen molar-refractivity contribution in [3.8, 4) is 0 Å². The molecule has 0 fully saturated rings. The van der Waals surface area contributed by atoms with E-state index in [2.05, 4.69) is 9.83 Å². The lowest BCUT2D eigenvalue weighted by atomic mass is 10.1. The van der Waals surface area contributed by atoms with Gasteiger partial charge in [0.1, 0.15) is 0 Å². The van der Waals surface area contributed by atoms with Gasteiger partial charge < -0.3 is 4.85 Å². The smallest absolute Gasteiger partial charge is 0.270 e. The minimum Gasteiger partial charge on any atom is -0.361 e. The Morgan fingerprint density at radius 2 is 2.07 bits per heavy atom. The van der Waals surface area contributed by atoms with E-state index in [9.17, 15) is 0 Å². The first-order valence-electron chi connectivity index (χ1n) is 4.57. The minimum atomic E-state index is 0.404. The summed E-state index contributed by atoms with van der Waals surface area (Å²) in [5.74, 6) is 0.404. The molecule has 1 heterocycles. The van der Waals surface area contributed by atoms with Crippen molar-refractivity contribution < 1.29 is 0 Å². The lowest BCUT2D eigenvalue weighted by Gasteiger charge is -2.05. The van der Waals surface area contributed by atoms with Gasteiger partial charge in [-0.2, -0.15) is 0 Å². The van der Waals surface area contributed by atoms with Gasteiger partial charge in [-0.3, -0.25) is 0 Å². The van der Waals surface area contributed by atoms with Gasteiger partial charge in [0.2, 0.25) is 0 Å². The van der Waals surface area contributed by atoms with Crippen LogP contribution in [0.1, 0.15) is 11.1 Å². The Morgan fingerprint density at radius 1 is 1.33 bits per heavy atom. The summed E-state index contributed by atoms with van der Waals surface area (Å²) in [5.41, 5.74) is 2.96. The molecule has 0 saturated heterocycles. The molecule has 15 heavy (non-hydrogen) atoms. The molecule has 0 aliphatic heterocycles. The molecule has 0 unspecified atom stereocenters. The molecule has 0 N–H and O–H groups in total. The zero-order chi connectivity index (χ0) is 11.0. The van der Waals surface area contributed by atoms with Crippen molar-refractivity contribution >= 4 is 28.3 Å². The molecule has 0 radical (unpaired) electrons. The van der Waals surface area contributed by atoms with Gasteiger partial charge in [0.15, 0.2) is 5.52 Å². The minimum absolute atomic E-state index is 0.404. The van der Waals surface area contributed by atoms with Gasteiger partial charge >= 0.3 is 0 Å². The number of nitrogens with zero attached hydrogens (tertiary/aromatic N) is 2. The summed E-state index contributed by atoms with van der Waals surface area (Å²) >= 11 is 6.21. The summed E-state index contributed by atoms with van der Waals surface area (Å²) in [6.07, 6.45) is 0. The Labute approximate surface area is 93.3 Å². The topological polar surface area (TPSA) is 17.2 Å². The fourth-order valence-corrected chi connectivity index (χ4v) is 1.82. The molecular formula is C12H9ClN2. The molecule has 0 aliphatic carbocycles. The fraction of sp³-hybridized carbons (Fsp3) is 0.167. The summed E-state index contributed by atoms with van der Waals surface area (Å²) in [6, 6.07) is 5.51. The van der Waals surface area contributed by atoms with E-state index in [0.717, 1.165) is 27.1 Å². The average Bonchev–Trinajstić information content (AvgIpc) is 2.25. The van der Waals surface area contributed by atoms with Gasteiger partial charge in [0, 0.05) is 5.39 Å². The SMILES string of the molecule is [C-]#[N+]c1ccc2c(Cl)c(C)c(C)cc2n1. The van der Waals surface area contributed by atoms with E-state index in [4.69, 9.17) is 18.2 Å². The van der Waals surface area contributed by atoms with Gasteiger partial charge in [-0.15, -0.1) is 4.98 Å². The van der Waals surface area contributed by atoms with E-state index in [-0.39, 0.29) is 0 Å². The Balaban J connectivity index is 2.87. The number of aromatic nitrogens is 1. The number of aryl methyl sites for hydroxylation is 1. The fourth-order valence-electron chi connectivity index (χ4n) is 1.51. The number of benzene rings is 1. The van der Waals surface area contributed by atoms with Crippen LogP contribution in [0.2, 0.25) is 5.02 Å². The van der Waals surface area contributed by atoms with Gasteiger partial charge in [-0.05, 0) is 37.1 Å². The third-order valence-corrected chi connectivity index (χ3v) is 3.02. The molecule has 2 aromatic rings. The third-order valence-electron chi connectivity index (χ3n) is 2.54. The molecule has 74 valence electrons. The van der Waals surface area contributed by atoms with Gasteiger partial charge in [0.05, 0.1) is 5.02 Å². The second-order valence-corrected chi connectivity index (χ2v) is 3.86. The zero-order valence-electron chi connectivity index (χ0n) is 8.50. The van der Waals surface area contributed by atoms with Crippen molar-refractivity contribution in [2.45, 2.75) is 13.8 Å². The first-order chi connectivity index (χ1) is 7.13. The van der Waals surface area contributed by atoms with Crippen molar-refractivity contribution in [1.29, 1.82) is 0 Å². The molecule has 0 aliphatic rings. The number of halogens is 1.